The van der Waals surface area contributed by atoms with Gasteiger partial charge >= 0.3 is 0 Å². The van der Waals surface area contributed by atoms with Crippen LogP contribution in [0.1, 0.15) is 35.9 Å². The molecule has 0 saturated heterocycles. The number of rotatable bonds is 4. The molecule has 1 saturated carbocycles. The highest BCUT2D eigenvalue weighted by molar-refractivity contribution is 7.11. The van der Waals surface area contributed by atoms with Crippen molar-refractivity contribution < 1.29 is 0 Å². The fourth-order valence-corrected chi connectivity index (χ4v) is 3.54. The lowest BCUT2D eigenvalue weighted by molar-refractivity contribution is 0.446. The molecule has 1 aliphatic carbocycles. The lowest BCUT2D eigenvalue weighted by Crippen LogP contribution is -2.36. The monoisotopic (exact) mass is 238 g/mol. The highest BCUT2D eigenvalue weighted by Crippen LogP contribution is 2.20. The van der Waals surface area contributed by atoms with Gasteiger partial charge in [-0.2, -0.15) is 0 Å². The Kier molecular flexibility index (Phi) is 4.00. The fourth-order valence-electron chi connectivity index (χ4n) is 2.53. The second-order valence-electron chi connectivity index (χ2n) is 5.05. The Bertz CT molecular complexity index is 334. The van der Waals surface area contributed by atoms with E-state index in [1.807, 2.05) is 11.3 Å². The average molecular weight is 238 g/mol. The zero-order chi connectivity index (χ0) is 11.5. The SMILES string of the molecule is Cc1ccc(CC(C)NC2CCC(N)C2)s1. The minimum Gasteiger partial charge on any atom is -0.328 e. The molecule has 1 heterocycles. The molecule has 3 unspecified atom stereocenters. The van der Waals surface area contributed by atoms with Crippen LogP contribution in [0.2, 0.25) is 0 Å². The number of nitrogens with one attached hydrogen (secondary N) is 1. The first-order valence-electron chi connectivity index (χ1n) is 6.20. The molecular formula is C13H22N2S. The van der Waals surface area contributed by atoms with Gasteiger partial charge in [-0.3, -0.25) is 0 Å². The van der Waals surface area contributed by atoms with E-state index in [9.17, 15) is 0 Å². The van der Waals surface area contributed by atoms with Crippen molar-refractivity contribution in [1.29, 1.82) is 0 Å². The molecule has 0 spiro atoms. The molecule has 90 valence electrons. The maximum absolute atomic E-state index is 5.92. The molecule has 0 bridgehead atoms. The van der Waals surface area contributed by atoms with Crippen molar-refractivity contribution in [3.8, 4) is 0 Å². The average Bonchev–Trinajstić information content (AvgIpc) is 2.76. The molecule has 3 heteroatoms. The fraction of sp³-hybridized carbons (Fsp3) is 0.692. The number of aryl methyl sites for hydroxylation is 1. The van der Waals surface area contributed by atoms with E-state index >= 15 is 0 Å². The summed E-state index contributed by atoms with van der Waals surface area (Å²) in [5, 5.41) is 3.69. The summed E-state index contributed by atoms with van der Waals surface area (Å²) in [5.74, 6) is 0. The van der Waals surface area contributed by atoms with Gasteiger partial charge in [-0.1, -0.05) is 0 Å². The Balaban J connectivity index is 1.78. The Morgan fingerprint density at radius 2 is 2.31 bits per heavy atom. The minimum absolute atomic E-state index is 0.425. The molecule has 3 N–H and O–H groups in total. The molecule has 0 radical (unpaired) electrons. The highest BCUT2D eigenvalue weighted by Gasteiger charge is 2.22. The van der Waals surface area contributed by atoms with Gasteiger partial charge in [0.05, 0.1) is 0 Å². The van der Waals surface area contributed by atoms with Crippen LogP contribution in [0, 0.1) is 6.92 Å². The molecule has 0 amide bonds. The molecule has 0 aliphatic heterocycles. The van der Waals surface area contributed by atoms with Crippen molar-refractivity contribution >= 4 is 11.3 Å². The maximum Gasteiger partial charge on any atom is 0.00896 e. The minimum atomic E-state index is 0.425. The maximum atomic E-state index is 5.92. The summed E-state index contributed by atoms with van der Waals surface area (Å²) >= 11 is 1.91. The summed E-state index contributed by atoms with van der Waals surface area (Å²) in [6, 6.07) is 6.09. The van der Waals surface area contributed by atoms with Gasteiger partial charge in [0, 0.05) is 27.9 Å². The Morgan fingerprint density at radius 3 is 2.88 bits per heavy atom. The highest BCUT2D eigenvalue weighted by atomic mass is 32.1. The molecular weight excluding hydrogens is 216 g/mol. The van der Waals surface area contributed by atoms with Crippen molar-refractivity contribution in [2.45, 2.75) is 57.7 Å². The van der Waals surface area contributed by atoms with E-state index in [2.05, 4.69) is 31.3 Å². The van der Waals surface area contributed by atoms with Crippen molar-refractivity contribution in [2.75, 3.05) is 0 Å². The van der Waals surface area contributed by atoms with Gasteiger partial charge in [-0.25, -0.2) is 0 Å². The topological polar surface area (TPSA) is 38.0 Å². The summed E-state index contributed by atoms with van der Waals surface area (Å²) < 4.78 is 0. The number of thiophene rings is 1. The predicted octanol–water partition coefficient (Wildman–Crippen LogP) is 2.46. The van der Waals surface area contributed by atoms with E-state index in [0.29, 0.717) is 18.1 Å². The van der Waals surface area contributed by atoms with E-state index in [0.717, 1.165) is 12.8 Å². The third kappa shape index (κ3) is 3.30. The zero-order valence-electron chi connectivity index (χ0n) is 10.2. The first kappa shape index (κ1) is 12.1. The van der Waals surface area contributed by atoms with E-state index in [1.54, 1.807) is 0 Å². The molecule has 1 fully saturated rings. The first-order valence-corrected chi connectivity index (χ1v) is 7.02. The Morgan fingerprint density at radius 1 is 1.50 bits per heavy atom. The largest absolute Gasteiger partial charge is 0.328 e. The zero-order valence-corrected chi connectivity index (χ0v) is 11.0. The lowest BCUT2D eigenvalue weighted by Gasteiger charge is -2.18. The van der Waals surface area contributed by atoms with Gasteiger partial charge in [0.15, 0.2) is 0 Å². The normalized spacial score (nSPS) is 27.2. The standard InChI is InChI=1S/C13H22N2S/c1-9(7-13-6-3-10(2)16-13)15-12-5-4-11(14)8-12/h3,6,9,11-12,15H,4-5,7-8,14H2,1-2H3. The van der Waals surface area contributed by atoms with Crippen LogP contribution in [0.3, 0.4) is 0 Å². The van der Waals surface area contributed by atoms with Gasteiger partial charge in [-0.05, 0) is 51.7 Å². The molecule has 16 heavy (non-hydrogen) atoms. The molecule has 1 aromatic rings. The van der Waals surface area contributed by atoms with Crippen LogP contribution in [0.15, 0.2) is 12.1 Å². The van der Waals surface area contributed by atoms with Crippen LogP contribution >= 0.6 is 11.3 Å². The van der Waals surface area contributed by atoms with Gasteiger partial charge in [0.1, 0.15) is 0 Å². The van der Waals surface area contributed by atoms with Crippen LogP contribution in [0.25, 0.3) is 0 Å². The van der Waals surface area contributed by atoms with Crippen LogP contribution in [0.4, 0.5) is 0 Å². The number of hydrogen-bond acceptors (Lipinski definition) is 3. The van der Waals surface area contributed by atoms with Gasteiger partial charge < -0.3 is 11.1 Å². The smallest absolute Gasteiger partial charge is 0.00896 e. The number of hydrogen-bond donors (Lipinski definition) is 2. The Hall–Kier alpha value is -0.380. The molecule has 3 atom stereocenters. The summed E-state index contributed by atoms with van der Waals surface area (Å²) in [5.41, 5.74) is 5.92. The van der Waals surface area contributed by atoms with Gasteiger partial charge in [0.25, 0.3) is 0 Å². The van der Waals surface area contributed by atoms with E-state index in [1.165, 1.54) is 22.6 Å². The second-order valence-corrected chi connectivity index (χ2v) is 6.43. The molecule has 2 nitrogen and oxygen atoms in total. The van der Waals surface area contributed by atoms with E-state index < -0.39 is 0 Å². The Labute approximate surface area is 102 Å². The third-order valence-corrected chi connectivity index (χ3v) is 4.32. The van der Waals surface area contributed by atoms with Crippen LogP contribution in [0.5, 0.6) is 0 Å². The van der Waals surface area contributed by atoms with Crippen molar-refractivity contribution in [3.05, 3.63) is 21.9 Å². The van der Waals surface area contributed by atoms with Crippen molar-refractivity contribution in [2.24, 2.45) is 5.73 Å². The van der Waals surface area contributed by atoms with Crippen molar-refractivity contribution in [1.82, 2.24) is 5.32 Å². The molecule has 2 rings (SSSR count). The van der Waals surface area contributed by atoms with Gasteiger partial charge in [-0.15, -0.1) is 11.3 Å². The molecule has 0 aromatic carbocycles. The quantitative estimate of drug-likeness (QED) is 0.845. The summed E-state index contributed by atoms with van der Waals surface area (Å²) in [6.45, 7) is 4.45. The van der Waals surface area contributed by atoms with Crippen LogP contribution < -0.4 is 11.1 Å². The second kappa shape index (κ2) is 5.30. The predicted molar refractivity (Wildman–Crippen MR) is 71.0 cm³/mol. The van der Waals surface area contributed by atoms with E-state index in [-0.39, 0.29) is 0 Å². The third-order valence-electron chi connectivity index (χ3n) is 3.30. The molecule has 1 aromatic heterocycles. The lowest BCUT2D eigenvalue weighted by atomic mass is 10.1. The number of nitrogens with two attached hydrogens (primary N) is 1. The summed E-state index contributed by atoms with van der Waals surface area (Å²) in [7, 11) is 0. The van der Waals surface area contributed by atoms with Gasteiger partial charge in [0.2, 0.25) is 0 Å². The van der Waals surface area contributed by atoms with Crippen LogP contribution in [-0.4, -0.2) is 18.1 Å². The first-order chi connectivity index (χ1) is 7.63. The summed E-state index contributed by atoms with van der Waals surface area (Å²) in [4.78, 5) is 2.89. The van der Waals surface area contributed by atoms with Crippen molar-refractivity contribution in [3.63, 3.8) is 0 Å². The van der Waals surface area contributed by atoms with Crippen LogP contribution in [-0.2, 0) is 6.42 Å². The van der Waals surface area contributed by atoms with E-state index in [4.69, 9.17) is 5.73 Å². The summed E-state index contributed by atoms with van der Waals surface area (Å²) in [6.07, 6.45) is 4.72. The molecule has 1 aliphatic rings.